The summed E-state index contributed by atoms with van der Waals surface area (Å²) >= 11 is 6.69. The zero-order chi connectivity index (χ0) is 18.6. The number of hydrogen-bond donors (Lipinski definition) is 2. The Morgan fingerprint density at radius 3 is 2.36 bits per heavy atom. The number of benzene rings is 1. The zero-order valence-electron chi connectivity index (χ0n) is 12.8. The lowest BCUT2D eigenvalue weighted by Crippen LogP contribution is -2.51. The number of nitriles is 1. The highest BCUT2D eigenvalue weighted by molar-refractivity contribution is 9.13. The van der Waals surface area contributed by atoms with Gasteiger partial charge in [0.2, 0.25) is 0 Å². The lowest BCUT2D eigenvalue weighted by Gasteiger charge is -2.17. The molecule has 0 radical (unpaired) electrons. The van der Waals surface area contributed by atoms with Crippen molar-refractivity contribution in [2.75, 3.05) is 13.2 Å². The van der Waals surface area contributed by atoms with Gasteiger partial charge in [-0.1, -0.05) is 0 Å². The second-order valence-electron chi connectivity index (χ2n) is 4.60. The molecule has 1 fully saturated rings. The van der Waals surface area contributed by atoms with Crippen LogP contribution in [-0.4, -0.2) is 31.1 Å². The van der Waals surface area contributed by atoms with Gasteiger partial charge in [-0.25, -0.2) is 4.79 Å². The number of hydrogen-bond acceptors (Lipinski definition) is 6. The van der Waals surface area contributed by atoms with Gasteiger partial charge in [-0.05, 0) is 56.5 Å². The minimum absolute atomic E-state index is 0.182. The van der Waals surface area contributed by atoms with E-state index < -0.39 is 17.8 Å². The molecule has 0 spiro atoms. The van der Waals surface area contributed by atoms with E-state index in [1.807, 2.05) is 16.7 Å². The maximum atomic E-state index is 11.9. The first-order valence-electron chi connectivity index (χ1n) is 6.91. The van der Waals surface area contributed by atoms with Crippen LogP contribution >= 0.6 is 31.9 Å². The maximum absolute atomic E-state index is 11.9. The summed E-state index contributed by atoms with van der Waals surface area (Å²) in [6.07, 6.45) is 1.31. The Bertz CT molecular complexity index is 807. The van der Waals surface area contributed by atoms with Crippen molar-refractivity contribution in [3.63, 3.8) is 0 Å². The molecule has 1 heterocycles. The summed E-state index contributed by atoms with van der Waals surface area (Å²) in [5.41, 5.74) is 0.203. The van der Waals surface area contributed by atoms with E-state index in [4.69, 9.17) is 14.7 Å². The van der Waals surface area contributed by atoms with Crippen LogP contribution in [0.1, 0.15) is 12.5 Å². The number of amides is 4. The number of barbiturate groups is 1. The Balaban J connectivity index is 2.53. The molecular formula is C15H11Br2N3O5. The summed E-state index contributed by atoms with van der Waals surface area (Å²) < 4.78 is 11.8. The highest BCUT2D eigenvalue weighted by Crippen LogP contribution is 2.43. The number of nitrogens with zero attached hydrogens (tertiary/aromatic N) is 1. The van der Waals surface area contributed by atoms with Gasteiger partial charge >= 0.3 is 6.03 Å². The van der Waals surface area contributed by atoms with Gasteiger partial charge in [-0.3, -0.25) is 20.2 Å². The smallest absolute Gasteiger partial charge is 0.328 e. The van der Waals surface area contributed by atoms with Crippen molar-refractivity contribution in [1.82, 2.24) is 10.6 Å². The maximum Gasteiger partial charge on any atom is 0.328 e. The number of imide groups is 2. The largest absolute Gasteiger partial charge is 0.490 e. The number of rotatable bonds is 5. The fraction of sp³-hybridized carbons (Fsp3) is 0.200. The van der Waals surface area contributed by atoms with Gasteiger partial charge in [0.25, 0.3) is 11.8 Å². The molecule has 0 saturated carbocycles. The van der Waals surface area contributed by atoms with Gasteiger partial charge in [-0.15, -0.1) is 0 Å². The van der Waals surface area contributed by atoms with E-state index in [-0.39, 0.29) is 12.2 Å². The summed E-state index contributed by atoms with van der Waals surface area (Å²) in [4.78, 5) is 34.8. The minimum Gasteiger partial charge on any atom is -0.490 e. The molecule has 0 bridgehead atoms. The molecule has 2 N–H and O–H groups in total. The summed E-state index contributed by atoms with van der Waals surface area (Å²) in [7, 11) is 0. The molecule has 1 aromatic carbocycles. The highest BCUT2D eigenvalue weighted by atomic mass is 79.9. The fourth-order valence-corrected chi connectivity index (χ4v) is 2.92. The molecule has 0 aliphatic carbocycles. The standard InChI is InChI=1S/C15H11Br2N3O5/c1-2-24-9-6-7(10(16)11(17)12(9)25-4-3-18)5-8-13(21)19-15(23)20-14(8)22/h5-6H,2,4H2,1H3,(H2,19,20,21,22,23). The van der Waals surface area contributed by atoms with Crippen molar-refractivity contribution in [2.45, 2.75) is 6.92 Å². The Labute approximate surface area is 159 Å². The number of nitrogens with one attached hydrogen (secondary N) is 2. The average molecular weight is 473 g/mol. The molecule has 25 heavy (non-hydrogen) atoms. The quantitative estimate of drug-likeness (QED) is 0.501. The second-order valence-corrected chi connectivity index (χ2v) is 6.18. The molecule has 0 atom stereocenters. The van der Waals surface area contributed by atoms with Gasteiger partial charge in [0.1, 0.15) is 11.6 Å². The number of carbonyl (C=O) groups is 3. The SMILES string of the molecule is CCOc1cc(C=C2C(=O)NC(=O)NC2=O)c(Br)c(Br)c1OCC#N. The van der Waals surface area contributed by atoms with E-state index >= 15 is 0 Å². The van der Waals surface area contributed by atoms with Crippen LogP contribution < -0.4 is 20.1 Å². The van der Waals surface area contributed by atoms with Gasteiger partial charge in [-0.2, -0.15) is 5.26 Å². The van der Waals surface area contributed by atoms with Crippen molar-refractivity contribution < 1.29 is 23.9 Å². The monoisotopic (exact) mass is 471 g/mol. The predicted molar refractivity (Wildman–Crippen MR) is 93.8 cm³/mol. The Morgan fingerprint density at radius 2 is 1.80 bits per heavy atom. The molecule has 1 aliphatic rings. The van der Waals surface area contributed by atoms with Crippen molar-refractivity contribution in [2.24, 2.45) is 0 Å². The van der Waals surface area contributed by atoms with Gasteiger partial charge in [0.15, 0.2) is 18.1 Å². The van der Waals surface area contributed by atoms with E-state index in [1.165, 1.54) is 6.08 Å². The molecule has 0 unspecified atom stereocenters. The summed E-state index contributed by atoms with van der Waals surface area (Å²) in [6.45, 7) is 1.93. The molecule has 1 aliphatic heterocycles. The van der Waals surface area contributed by atoms with Gasteiger partial charge < -0.3 is 9.47 Å². The third kappa shape index (κ3) is 4.18. The predicted octanol–water partition coefficient (Wildman–Crippen LogP) is 2.26. The molecule has 1 saturated heterocycles. The lowest BCUT2D eigenvalue weighted by molar-refractivity contribution is -0.123. The van der Waals surface area contributed by atoms with E-state index in [0.717, 1.165) is 0 Å². The van der Waals surface area contributed by atoms with Crippen LogP contribution in [0.2, 0.25) is 0 Å². The number of halogens is 2. The van der Waals surface area contributed by atoms with Crippen molar-refractivity contribution in [3.05, 3.63) is 26.1 Å². The Hall–Kier alpha value is -2.38. The van der Waals surface area contributed by atoms with Gasteiger partial charge in [0, 0.05) is 4.47 Å². The third-order valence-corrected chi connectivity index (χ3v) is 5.12. The van der Waals surface area contributed by atoms with Crippen LogP contribution in [0.15, 0.2) is 20.6 Å². The fourth-order valence-electron chi connectivity index (χ4n) is 1.97. The topological polar surface area (TPSA) is 118 Å². The minimum atomic E-state index is -0.873. The van der Waals surface area contributed by atoms with Gasteiger partial charge in [0.05, 0.1) is 11.1 Å². The molecular weight excluding hydrogens is 462 g/mol. The Kier molecular flexibility index (Phi) is 6.17. The molecule has 2 rings (SSSR count). The van der Waals surface area contributed by atoms with Crippen molar-refractivity contribution in [1.29, 1.82) is 5.26 Å². The number of carbonyl (C=O) groups excluding carboxylic acids is 3. The summed E-state index contributed by atoms with van der Waals surface area (Å²) in [5, 5.41) is 12.7. The molecule has 10 heteroatoms. The Morgan fingerprint density at radius 1 is 1.16 bits per heavy atom. The molecule has 1 aromatic rings. The lowest BCUT2D eigenvalue weighted by atomic mass is 10.1. The molecule has 8 nitrogen and oxygen atoms in total. The summed E-state index contributed by atoms with van der Waals surface area (Å²) in [6, 6.07) is 2.54. The first kappa shape index (κ1) is 19.0. The highest BCUT2D eigenvalue weighted by Gasteiger charge is 2.28. The van der Waals surface area contributed by atoms with Crippen LogP contribution in [0.5, 0.6) is 11.5 Å². The molecule has 4 amide bonds. The zero-order valence-corrected chi connectivity index (χ0v) is 16.0. The van der Waals surface area contributed by atoms with Crippen LogP contribution in [-0.2, 0) is 9.59 Å². The van der Waals surface area contributed by atoms with Crippen LogP contribution in [0, 0.1) is 11.3 Å². The van der Waals surface area contributed by atoms with Crippen molar-refractivity contribution in [3.8, 4) is 17.6 Å². The molecule has 130 valence electrons. The normalized spacial score (nSPS) is 13.7. The van der Waals surface area contributed by atoms with E-state index in [9.17, 15) is 14.4 Å². The summed E-state index contributed by atoms with van der Waals surface area (Å²) in [5.74, 6) is -0.975. The van der Waals surface area contributed by atoms with Crippen molar-refractivity contribution >= 4 is 55.8 Å². The number of urea groups is 1. The second kappa shape index (κ2) is 8.13. The van der Waals surface area contributed by atoms with Crippen LogP contribution in [0.3, 0.4) is 0 Å². The van der Waals surface area contributed by atoms with Crippen LogP contribution in [0.4, 0.5) is 4.79 Å². The first-order chi connectivity index (χ1) is 11.9. The first-order valence-corrected chi connectivity index (χ1v) is 8.50. The van der Waals surface area contributed by atoms with E-state index in [0.29, 0.717) is 32.6 Å². The van der Waals surface area contributed by atoms with E-state index in [1.54, 1.807) is 13.0 Å². The molecule has 0 aromatic heterocycles. The van der Waals surface area contributed by atoms with E-state index in [2.05, 4.69) is 31.9 Å². The third-order valence-electron chi connectivity index (χ3n) is 2.98. The van der Waals surface area contributed by atoms with Crippen LogP contribution in [0.25, 0.3) is 6.08 Å². The number of ether oxygens (including phenoxy) is 2. The average Bonchev–Trinajstić information content (AvgIpc) is 2.55.